The van der Waals surface area contributed by atoms with E-state index in [0.717, 1.165) is 30.5 Å². The smallest absolute Gasteiger partial charge is 0.138 e. The van der Waals surface area contributed by atoms with Crippen LogP contribution in [-0.2, 0) is 5.41 Å². The van der Waals surface area contributed by atoms with Crippen LogP contribution in [0.15, 0.2) is 6.07 Å². The lowest BCUT2D eigenvalue weighted by atomic mass is 9.96. The molecule has 21 heavy (non-hydrogen) atoms. The fourth-order valence-electron chi connectivity index (χ4n) is 2.87. The van der Waals surface area contributed by atoms with Crippen molar-refractivity contribution >= 4 is 11.6 Å². The number of anilines is 2. The Kier molecular flexibility index (Phi) is 4.42. The number of aromatic nitrogens is 2. The topological polar surface area (TPSA) is 44.3 Å². The van der Waals surface area contributed by atoms with Crippen LogP contribution in [0.2, 0.25) is 0 Å². The van der Waals surface area contributed by atoms with Crippen molar-refractivity contribution in [2.75, 3.05) is 44.4 Å². The molecule has 1 aromatic rings. The Hall–Kier alpha value is -1.36. The van der Waals surface area contributed by atoms with Crippen molar-refractivity contribution in [3.05, 3.63) is 11.9 Å². The first-order chi connectivity index (χ1) is 9.72. The van der Waals surface area contributed by atoms with E-state index in [2.05, 4.69) is 68.0 Å². The van der Waals surface area contributed by atoms with Gasteiger partial charge in [-0.1, -0.05) is 27.7 Å². The van der Waals surface area contributed by atoms with Gasteiger partial charge in [-0.25, -0.2) is 9.97 Å². The standard InChI is InChI=1S/C16H29N5/c1-11-9-21(10-12(11)20(6)7)14-8-13(17-5)18-15(19-14)16(2,3)4/h8,11-12H,9-10H2,1-7H3,(H,17,18,19). The Morgan fingerprint density at radius 3 is 2.38 bits per heavy atom. The Labute approximate surface area is 128 Å². The molecule has 2 unspecified atom stereocenters. The van der Waals surface area contributed by atoms with Crippen molar-refractivity contribution in [2.24, 2.45) is 5.92 Å². The summed E-state index contributed by atoms with van der Waals surface area (Å²) < 4.78 is 0. The van der Waals surface area contributed by atoms with Crippen molar-refractivity contribution in [3.8, 4) is 0 Å². The molecule has 0 saturated carbocycles. The van der Waals surface area contributed by atoms with Crippen LogP contribution < -0.4 is 10.2 Å². The summed E-state index contributed by atoms with van der Waals surface area (Å²) in [6.07, 6.45) is 0. The van der Waals surface area contributed by atoms with E-state index in [1.54, 1.807) is 0 Å². The van der Waals surface area contributed by atoms with Gasteiger partial charge in [-0.15, -0.1) is 0 Å². The molecular weight excluding hydrogens is 262 g/mol. The summed E-state index contributed by atoms with van der Waals surface area (Å²) >= 11 is 0. The quantitative estimate of drug-likeness (QED) is 0.925. The van der Waals surface area contributed by atoms with Crippen LogP contribution in [0.25, 0.3) is 0 Å². The van der Waals surface area contributed by atoms with Gasteiger partial charge < -0.3 is 15.1 Å². The van der Waals surface area contributed by atoms with Crippen LogP contribution in [0.4, 0.5) is 11.6 Å². The fraction of sp³-hybridized carbons (Fsp3) is 0.750. The largest absolute Gasteiger partial charge is 0.373 e. The summed E-state index contributed by atoms with van der Waals surface area (Å²) in [4.78, 5) is 14.1. The van der Waals surface area contributed by atoms with Crippen molar-refractivity contribution < 1.29 is 0 Å². The molecule has 1 aliphatic heterocycles. The number of nitrogens with zero attached hydrogens (tertiary/aromatic N) is 4. The van der Waals surface area contributed by atoms with Gasteiger partial charge in [0.1, 0.15) is 17.5 Å². The number of likely N-dealkylation sites (N-methyl/N-ethyl adjacent to an activating group) is 1. The molecule has 1 aliphatic rings. The van der Waals surface area contributed by atoms with Gasteiger partial charge in [-0.2, -0.15) is 0 Å². The molecule has 1 saturated heterocycles. The second-order valence-corrected chi connectivity index (χ2v) is 7.35. The minimum Gasteiger partial charge on any atom is -0.373 e. The van der Waals surface area contributed by atoms with Gasteiger partial charge >= 0.3 is 0 Å². The second kappa shape index (κ2) is 5.79. The Morgan fingerprint density at radius 1 is 1.24 bits per heavy atom. The average molecular weight is 291 g/mol. The molecule has 0 bridgehead atoms. The molecule has 1 aromatic heterocycles. The van der Waals surface area contributed by atoms with Gasteiger partial charge in [0.2, 0.25) is 0 Å². The molecule has 0 aromatic carbocycles. The molecule has 5 heteroatoms. The summed E-state index contributed by atoms with van der Waals surface area (Å²) in [6, 6.07) is 2.64. The van der Waals surface area contributed by atoms with Crippen LogP contribution in [0.3, 0.4) is 0 Å². The first-order valence-corrected chi connectivity index (χ1v) is 7.71. The number of rotatable bonds is 3. The SMILES string of the molecule is CNc1cc(N2CC(C)C(N(C)C)C2)nc(C(C)(C)C)n1. The molecular formula is C16H29N5. The summed E-state index contributed by atoms with van der Waals surface area (Å²) in [5.74, 6) is 3.47. The Morgan fingerprint density at radius 2 is 1.90 bits per heavy atom. The minimum atomic E-state index is -0.0477. The molecule has 2 atom stereocenters. The monoisotopic (exact) mass is 291 g/mol. The lowest BCUT2D eigenvalue weighted by Crippen LogP contribution is -2.34. The van der Waals surface area contributed by atoms with Gasteiger partial charge in [0.05, 0.1) is 0 Å². The third kappa shape index (κ3) is 3.46. The molecule has 0 amide bonds. The van der Waals surface area contributed by atoms with Crippen LogP contribution in [0, 0.1) is 5.92 Å². The van der Waals surface area contributed by atoms with Gasteiger partial charge in [0.15, 0.2) is 0 Å². The maximum absolute atomic E-state index is 4.82. The lowest BCUT2D eigenvalue weighted by Gasteiger charge is -2.24. The highest BCUT2D eigenvalue weighted by molar-refractivity contribution is 5.50. The van der Waals surface area contributed by atoms with Gasteiger partial charge in [0, 0.05) is 37.7 Å². The van der Waals surface area contributed by atoms with E-state index in [1.165, 1.54) is 0 Å². The predicted molar refractivity (Wildman–Crippen MR) is 89.1 cm³/mol. The van der Waals surface area contributed by atoms with Crippen LogP contribution in [-0.4, -0.2) is 55.1 Å². The zero-order chi connectivity index (χ0) is 15.8. The van der Waals surface area contributed by atoms with Crippen LogP contribution >= 0.6 is 0 Å². The summed E-state index contributed by atoms with van der Waals surface area (Å²) in [6.45, 7) is 10.8. The second-order valence-electron chi connectivity index (χ2n) is 7.35. The van der Waals surface area contributed by atoms with Crippen molar-refractivity contribution in [3.63, 3.8) is 0 Å². The van der Waals surface area contributed by atoms with Crippen LogP contribution in [0.1, 0.15) is 33.5 Å². The number of hydrogen-bond acceptors (Lipinski definition) is 5. The minimum absolute atomic E-state index is 0.0477. The Balaban J connectivity index is 2.32. The van der Waals surface area contributed by atoms with Gasteiger partial charge in [-0.05, 0) is 20.0 Å². The average Bonchev–Trinajstić information content (AvgIpc) is 2.79. The normalized spacial score (nSPS) is 23.0. The van der Waals surface area contributed by atoms with Gasteiger partial charge in [0.25, 0.3) is 0 Å². The zero-order valence-electron chi connectivity index (χ0n) is 14.4. The first kappa shape index (κ1) is 16.0. The van der Waals surface area contributed by atoms with E-state index in [0.29, 0.717) is 12.0 Å². The number of hydrogen-bond donors (Lipinski definition) is 1. The third-order valence-corrected chi connectivity index (χ3v) is 4.20. The van der Waals surface area contributed by atoms with Crippen LogP contribution in [0.5, 0.6) is 0 Å². The number of nitrogens with one attached hydrogen (secondary N) is 1. The maximum Gasteiger partial charge on any atom is 0.138 e. The molecule has 5 nitrogen and oxygen atoms in total. The molecule has 2 rings (SSSR count). The molecule has 2 heterocycles. The lowest BCUT2D eigenvalue weighted by molar-refractivity contribution is 0.266. The van der Waals surface area contributed by atoms with E-state index in [-0.39, 0.29) is 5.41 Å². The summed E-state index contributed by atoms with van der Waals surface area (Å²) in [7, 11) is 6.22. The maximum atomic E-state index is 4.82. The van der Waals surface area contributed by atoms with E-state index >= 15 is 0 Å². The molecule has 0 spiro atoms. The third-order valence-electron chi connectivity index (χ3n) is 4.20. The van der Waals surface area contributed by atoms with Gasteiger partial charge in [-0.3, -0.25) is 0 Å². The zero-order valence-corrected chi connectivity index (χ0v) is 14.4. The highest BCUT2D eigenvalue weighted by Crippen LogP contribution is 2.28. The van der Waals surface area contributed by atoms with Crippen molar-refractivity contribution in [2.45, 2.75) is 39.2 Å². The molecule has 118 valence electrons. The molecule has 0 radical (unpaired) electrons. The predicted octanol–water partition coefficient (Wildman–Crippen LogP) is 2.20. The Bertz CT molecular complexity index is 492. The summed E-state index contributed by atoms with van der Waals surface area (Å²) in [5, 5.41) is 3.16. The highest BCUT2D eigenvalue weighted by Gasteiger charge is 2.32. The highest BCUT2D eigenvalue weighted by atomic mass is 15.3. The van der Waals surface area contributed by atoms with E-state index in [9.17, 15) is 0 Å². The molecule has 0 aliphatic carbocycles. The fourth-order valence-corrected chi connectivity index (χ4v) is 2.87. The first-order valence-electron chi connectivity index (χ1n) is 7.71. The van der Waals surface area contributed by atoms with E-state index in [4.69, 9.17) is 4.98 Å². The van der Waals surface area contributed by atoms with E-state index in [1.807, 2.05) is 7.05 Å². The van der Waals surface area contributed by atoms with Crippen molar-refractivity contribution in [1.82, 2.24) is 14.9 Å². The van der Waals surface area contributed by atoms with Crippen molar-refractivity contribution in [1.29, 1.82) is 0 Å². The molecule has 1 N–H and O–H groups in total. The van der Waals surface area contributed by atoms with E-state index < -0.39 is 0 Å². The molecule has 1 fully saturated rings. The summed E-state index contributed by atoms with van der Waals surface area (Å²) in [5.41, 5.74) is -0.0477.